The van der Waals surface area contributed by atoms with E-state index in [1.54, 1.807) is 0 Å². The highest BCUT2D eigenvalue weighted by atomic mass is 32.2. The highest BCUT2D eigenvalue weighted by Crippen LogP contribution is 2.48. The van der Waals surface area contributed by atoms with Crippen molar-refractivity contribution < 1.29 is 13.2 Å². The van der Waals surface area contributed by atoms with Gasteiger partial charge in [0.15, 0.2) is 6.04 Å². The lowest BCUT2D eigenvalue weighted by atomic mass is 9.86. The van der Waals surface area contributed by atoms with Crippen LogP contribution in [0.25, 0.3) is 0 Å². The molecule has 0 radical (unpaired) electrons. The molecule has 3 aliphatic heterocycles. The number of thioether (sulfide) groups is 3. The van der Waals surface area contributed by atoms with Crippen LogP contribution in [0, 0.1) is 16.2 Å². The molecule has 0 aromatic heterocycles. The standard InChI is InChI=1S/C24H38F3N3S3/c1-13-15(32-18(28-13)21(3,4)5)11-23(8,9)20-29-14(2)16(33-20)10-22(6,7)19-30-17(12-31-19)24(25,26)27/h13-17H,10-12H2,1-9H3/t13-,14+,15?,16?,17+/m1/s1. The van der Waals surface area contributed by atoms with Crippen molar-refractivity contribution >= 4 is 50.4 Å². The van der Waals surface area contributed by atoms with Gasteiger partial charge in [-0.2, -0.15) is 13.2 Å². The van der Waals surface area contributed by atoms with Crippen LogP contribution in [-0.2, 0) is 0 Å². The molecule has 0 spiro atoms. The summed E-state index contributed by atoms with van der Waals surface area (Å²) in [4.78, 5) is 14.0. The lowest BCUT2D eigenvalue weighted by molar-refractivity contribution is -0.141. The molecule has 0 saturated carbocycles. The zero-order valence-corrected chi connectivity index (χ0v) is 23.7. The van der Waals surface area contributed by atoms with Gasteiger partial charge in [-0.15, -0.1) is 35.3 Å². The molecule has 3 rings (SSSR count). The first-order valence-electron chi connectivity index (χ1n) is 11.7. The Hall–Kier alpha value is -0.150. The maximum atomic E-state index is 13.1. The molecular weight excluding hydrogens is 483 g/mol. The number of hydrogen-bond acceptors (Lipinski definition) is 6. The molecule has 0 aromatic rings. The molecular formula is C24H38F3N3S3. The Bertz CT molecular complexity index is 840. The number of alkyl halides is 3. The fraction of sp³-hybridized carbons (Fsp3) is 0.875. The van der Waals surface area contributed by atoms with Crippen LogP contribution in [0.1, 0.15) is 75.2 Å². The van der Waals surface area contributed by atoms with E-state index in [2.05, 4.69) is 53.5 Å². The maximum Gasteiger partial charge on any atom is 0.411 e. The lowest BCUT2D eigenvalue weighted by Gasteiger charge is -2.31. The normalized spacial score (nSPS) is 31.6. The molecule has 188 valence electrons. The van der Waals surface area contributed by atoms with Gasteiger partial charge in [0, 0.05) is 32.5 Å². The summed E-state index contributed by atoms with van der Waals surface area (Å²) >= 11 is 5.01. The van der Waals surface area contributed by atoms with E-state index in [0.717, 1.165) is 12.8 Å². The zero-order chi connectivity index (χ0) is 25.0. The number of nitrogens with zero attached hydrogens (tertiary/aromatic N) is 3. The van der Waals surface area contributed by atoms with E-state index >= 15 is 0 Å². The fourth-order valence-electron chi connectivity index (χ4n) is 4.30. The molecule has 9 heteroatoms. The SMILES string of the molecule is C[C@@H]1N=C(C(C)(C)CC2SC(C(C)(C)C)=N[C@@H]2C)SC1CC(C)(C)C1=N[C@H](C(F)(F)F)CS1. The Morgan fingerprint density at radius 2 is 1.18 bits per heavy atom. The van der Waals surface area contributed by atoms with Gasteiger partial charge < -0.3 is 0 Å². The Morgan fingerprint density at radius 3 is 1.61 bits per heavy atom. The van der Waals surface area contributed by atoms with E-state index in [4.69, 9.17) is 9.98 Å². The van der Waals surface area contributed by atoms with E-state index in [1.807, 2.05) is 37.4 Å². The van der Waals surface area contributed by atoms with Crippen LogP contribution < -0.4 is 0 Å². The van der Waals surface area contributed by atoms with Gasteiger partial charge in [-0.1, -0.05) is 48.5 Å². The number of halogens is 3. The van der Waals surface area contributed by atoms with Crippen LogP contribution in [-0.4, -0.2) is 55.7 Å². The molecule has 0 fully saturated rings. The molecule has 3 aliphatic rings. The smallest absolute Gasteiger partial charge is 0.278 e. The fourth-order valence-corrected chi connectivity index (χ4v) is 8.86. The summed E-state index contributed by atoms with van der Waals surface area (Å²) in [6.07, 6.45) is -2.48. The molecule has 0 aliphatic carbocycles. The van der Waals surface area contributed by atoms with E-state index in [1.165, 1.54) is 21.8 Å². The van der Waals surface area contributed by atoms with Gasteiger partial charge in [-0.05, 0) is 26.7 Å². The quantitative estimate of drug-likeness (QED) is 0.359. The Morgan fingerprint density at radius 1 is 0.727 bits per heavy atom. The molecule has 0 amide bonds. The first kappa shape index (κ1) is 27.4. The number of aliphatic imine (C=N–C) groups is 3. The van der Waals surface area contributed by atoms with Crippen molar-refractivity contribution in [1.29, 1.82) is 0 Å². The predicted octanol–water partition coefficient (Wildman–Crippen LogP) is 7.75. The number of hydrogen-bond donors (Lipinski definition) is 0. The molecule has 0 N–H and O–H groups in total. The molecule has 0 saturated heterocycles. The maximum absolute atomic E-state index is 13.1. The van der Waals surface area contributed by atoms with Crippen molar-refractivity contribution in [2.24, 2.45) is 31.2 Å². The monoisotopic (exact) mass is 521 g/mol. The van der Waals surface area contributed by atoms with Gasteiger partial charge in [0.1, 0.15) is 0 Å². The molecule has 3 heterocycles. The van der Waals surface area contributed by atoms with E-state index in [9.17, 15) is 13.2 Å². The first-order chi connectivity index (χ1) is 14.9. The molecule has 2 unspecified atom stereocenters. The third kappa shape index (κ3) is 6.35. The van der Waals surface area contributed by atoms with Crippen molar-refractivity contribution in [2.45, 2.75) is 110 Å². The lowest BCUT2D eigenvalue weighted by Crippen LogP contribution is -2.30. The van der Waals surface area contributed by atoms with Crippen LogP contribution in [0.5, 0.6) is 0 Å². The summed E-state index contributed by atoms with van der Waals surface area (Å²) in [5.41, 5.74) is -0.376. The highest BCUT2D eigenvalue weighted by Gasteiger charge is 2.47. The van der Waals surface area contributed by atoms with Gasteiger partial charge >= 0.3 is 6.18 Å². The van der Waals surface area contributed by atoms with Crippen LogP contribution in [0.3, 0.4) is 0 Å². The first-order valence-corrected chi connectivity index (χ1v) is 14.4. The summed E-state index contributed by atoms with van der Waals surface area (Å²) in [6.45, 7) is 19.6. The van der Waals surface area contributed by atoms with Crippen LogP contribution in [0.15, 0.2) is 15.0 Å². The second-order valence-electron chi connectivity index (χ2n) is 11.9. The predicted molar refractivity (Wildman–Crippen MR) is 143 cm³/mol. The van der Waals surface area contributed by atoms with Crippen LogP contribution >= 0.6 is 35.3 Å². The highest BCUT2D eigenvalue weighted by molar-refractivity contribution is 8.15. The van der Waals surface area contributed by atoms with Gasteiger partial charge in [0.2, 0.25) is 0 Å². The topological polar surface area (TPSA) is 37.1 Å². The van der Waals surface area contributed by atoms with Crippen molar-refractivity contribution in [3.8, 4) is 0 Å². The largest absolute Gasteiger partial charge is 0.411 e. The third-order valence-electron chi connectivity index (χ3n) is 6.50. The molecule has 0 aromatic carbocycles. The molecule has 0 bridgehead atoms. The van der Waals surface area contributed by atoms with Crippen molar-refractivity contribution in [3.63, 3.8) is 0 Å². The molecule has 3 nitrogen and oxygen atoms in total. The van der Waals surface area contributed by atoms with E-state index in [-0.39, 0.29) is 27.9 Å². The third-order valence-corrected chi connectivity index (χ3v) is 11.5. The van der Waals surface area contributed by atoms with Crippen LogP contribution in [0.4, 0.5) is 13.2 Å². The van der Waals surface area contributed by atoms with Crippen molar-refractivity contribution in [1.82, 2.24) is 0 Å². The van der Waals surface area contributed by atoms with Gasteiger partial charge in [0.25, 0.3) is 0 Å². The second kappa shape index (κ2) is 9.38. The van der Waals surface area contributed by atoms with E-state index < -0.39 is 17.6 Å². The Kier molecular flexibility index (Phi) is 7.80. The summed E-state index contributed by atoms with van der Waals surface area (Å²) in [6, 6.07) is -1.13. The molecule has 5 atom stereocenters. The van der Waals surface area contributed by atoms with E-state index in [0.29, 0.717) is 16.3 Å². The van der Waals surface area contributed by atoms with Gasteiger partial charge in [0.05, 0.1) is 27.2 Å². The second-order valence-corrected chi connectivity index (χ2v) is 15.4. The van der Waals surface area contributed by atoms with Crippen LogP contribution in [0.2, 0.25) is 0 Å². The van der Waals surface area contributed by atoms with Gasteiger partial charge in [-0.25, -0.2) is 0 Å². The average Bonchev–Trinajstić information content (AvgIpc) is 3.34. The molecule has 33 heavy (non-hydrogen) atoms. The van der Waals surface area contributed by atoms with Gasteiger partial charge in [-0.3, -0.25) is 15.0 Å². The summed E-state index contributed by atoms with van der Waals surface area (Å²) < 4.78 is 39.3. The Labute approximate surface area is 210 Å². The minimum atomic E-state index is -4.26. The van der Waals surface area contributed by atoms with Crippen molar-refractivity contribution in [2.75, 3.05) is 5.75 Å². The summed E-state index contributed by atoms with van der Waals surface area (Å²) in [5.74, 6) is 0.000270. The van der Waals surface area contributed by atoms with Crippen molar-refractivity contribution in [3.05, 3.63) is 0 Å². The average molecular weight is 522 g/mol. The zero-order valence-electron chi connectivity index (χ0n) is 21.2. The Balaban J connectivity index is 1.63. The summed E-state index contributed by atoms with van der Waals surface area (Å²) in [5, 5.41) is 3.72. The summed E-state index contributed by atoms with van der Waals surface area (Å²) in [7, 11) is 0. The minimum absolute atomic E-state index is 0.000270. The minimum Gasteiger partial charge on any atom is -0.278 e. The number of rotatable bonds is 6.